The lowest BCUT2D eigenvalue weighted by molar-refractivity contribution is -0.140. The average Bonchev–Trinajstić information content (AvgIpc) is 2.90. The summed E-state index contributed by atoms with van der Waals surface area (Å²) < 4.78 is 0. The number of aromatic nitrogens is 2. The summed E-state index contributed by atoms with van der Waals surface area (Å²) in [6, 6.07) is 13.6. The van der Waals surface area contributed by atoms with Crippen molar-refractivity contribution in [2.45, 2.75) is 19.4 Å². The summed E-state index contributed by atoms with van der Waals surface area (Å²) in [5, 5.41) is 1.05. The minimum Gasteiger partial charge on any atom is -0.278 e. The van der Waals surface area contributed by atoms with Gasteiger partial charge in [0.15, 0.2) is 0 Å². The van der Waals surface area contributed by atoms with Crippen molar-refractivity contribution in [2.24, 2.45) is 5.92 Å². The predicted octanol–water partition coefficient (Wildman–Crippen LogP) is 2.75. The number of pyridine rings is 2. The number of rotatable bonds is 4. The van der Waals surface area contributed by atoms with Gasteiger partial charge in [-0.3, -0.25) is 24.5 Å². The Morgan fingerprint density at radius 3 is 2.76 bits per heavy atom. The maximum atomic E-state index is 12.7. The first-order valence-electron chi connectivity index (χ1n) is 8.27. The number of hydrogen-bond donors (Lipinski definition) is 0. The number of likely N-dealkylation sites (tertiary alicyclic amines) is 1. The molecule has 1 aliphatic rings. The molecule has 3 heterocycles. The van der Waals surface area contributed by atoms with Crippen molar-refractivity contribution in [3.05, 3.63) is 72.2 Å². The van der Waals surface area contributed by atoms with Crippen molar-refractivity contribution in [2.75, 3.05) is 0 Å². The molecule has 4 rings (SSSR count). The second-order valence-corrected chi connectivity index (χ2v) is 6.32. The van der Waals surface area contributed by atoms with E-state index in [2.05, 4.69) is 9.97 Å². The monoisotopic (exact) mass is 331 g/mol. The van der Waals surface area contributed by atoms with Crippen LogP contribution in [0.15, 0.2) is 61.1 Å². The van der Waals surface area contributed by atoms with Crippen LogP contribution in [0.4, 0.5) is 0 Å². The first-order valence-corrected chi connectivity index (χ1v) is 8.27. The normalized spacial score (nSPS) is 17.4. The summed E-state index contributed by atoms with van der Waals surface area (Å²) in [5.74, 6) is -0.500. The summed E-state index contributed by atoms with van der Waals surface area (Å²) in [4.78, 5) is 34.6. The zero-order valence-electron chi connectivity index (χ0n) is 13.6. The van der Waals surface area contributed by atoms with E-state index in [1.165, 1.54) is 4.90 Å². The minimum absolute atomic E-state index is 0.0971. The summed E-state index contributed by atoms with van der Waals surface area (Å²) in [7, 11) is 0. The van der Waals surface area contributed by atoms with E-state index >= 15 is 0 Å². The van der Waals surface area contributed by atoms with Gasteiger partial charge >= 0.3 is 0 Å². The molecule has 3 aromatic rings. The number of imide groups is 1. The molecule has 2 aromatic heterocycles. The predicted molar refractivity (Wildman–Crippen MR) is 93.3 cm³/mol. The van der Waals surface area contributed by atoms with E-state index in [4.69, 9.17) is 0 Å². The van der Waals surface area contributed by atoms with E-state index in [9.17, 15) is 9.59 Å². The molecule has 1 atom stereocenters. The Morgan fingerprint density at radius 2 is 1.92 bits per heavy atom. The molecule has 25 heavy (non-hydrogen) atoms. The van der Waals surface area contributed by atoms with Crippen LogP contribution >= 0.6 is 0 Å². The SMILES string of the molecule is O=C1CC(Cc2ccc3ncccc3c2)C(=O)N1Cc1cccnc1. The van der Waals surface area contributed by atoms with Crippen molar-refractivity contribution in [3.8, 4) is 0 Å². The summed E-state index contributed by atoms with van der Waals surface area (Å²) >= 11 is 0. The zero-order valence-corrected chi connectivity index (χ0v) is 13.6. The highest BCUT2D eigenvalue weighted by molar-refractivity contribution is 6.03. The molecule has 0 saturated carbocycles. The van der Waals surface area contributed by atoms with Crippen molar-refractivity contribution in [1.29, 1.82) is 0 Å². The lowest BCUT2D eigenvalue weighted by atomic mass is 9.97. The fourth-order valence-electron chi connectivity index (χ4n) is 3.29. The lowest BCUT2D eigenvalue weighted by Crippen LogP contribution is -2.30. The third-order valence-electron chi connectivity index (χ3n) is 4.55. The first kappa shape index (κ1) is 15.4. The number of carbonyl (C=O) groups excluding carboxylic acids is 2. The summed E-state index contributed by atoms with van der Waals surface area (Å²) in [5.41, 5.74) is 2.84. The van der Waals surface area contributed by atoms with Gasteiger partial charge in [-0.1, -0.05) is 18.2 Å². The Hall–Kier alpha value is -3.08. The third-order valence-corrected chi connectivity index (χ3v) is 4.55. The van der Waals surface area contributed by atoms with Gasteiger partial charge in [0.1, 0.15) is 0 Å². The van der Waals surface area contributed by atoms with Gasteiger partial charge in [0.2, 0.25) is 11.8 Å². The second kappa shape index (κ2) is 6.43. The molecule has 1 saturated heterocycles. The highest BCUT2D eigenvalue weighted by Gasteiger charge is 2.38. The fourth-order valence-corrected chi connectivity index (χ4v) is 3.29. The van der Waals surface area contributed by atoms with Crippen molar-refractivity contribution in [3.63, 3.8) is 0 Å². The number of benzene rings is 1. The molecule has 0 N–H and O–H groups in total. The molecule has 5 heteroatoms. The van der Waals surface area contributed by atoms with Crippen LogP contribution in [-0.4, -0.2) is 26.7 Å². The van der Waals surface area contributed by atoms with Crippen LogP contribution in [-0.2, 0) is 22.6 Å². The van der Waals surface area contributed by atoms with Crippen LogP contribution in [0.2, 0.25) is 0 Å². The van der Waals surface area contributed by atoms with Gasteiger partial charge in [-0.05, 0) is 41.8 Å². The molecule has 0 spiro atoms. The van der Waals surface area contributed by atoms with Crippen LogP contribution in [0.3, 0.4) is 0 Å². The van der Waals surface area contributed by atoms with E-state index in [0.717, 1.165) is 22.0 Å². The van der Waals surface area contributed by atoms with Crippen molar-refractivity contribution < 1.29 is 9.59 Å². The zero-order chi connectivity index (χ0) is 17.2. The standard InChI is InChI=1S/C20H17N3O2/c24-19-11-17(20(25)23(19)13-15-3-1-7-21-12-15)10-14-5-6-18-16(9-14)4-2-8-22-18/h1-9,12,17H,10-11,13H2. The molecule has 124 valence electrons. The first-order chi connectivity index (χ1) is 12.2. The Morgan fingerprint density at radius 1 is 1.04 bits per heavy atom. The van der Waals surface area contributed by atoms with E-state index in [1.54, 1.807) is 24.7 Å². The number of carbonyl (C=O) groups is 2. The van der Waals surface area contributed by atoms with Crippen molar-refractivity contribution in [1.82, 2.24) is 14.9 Å². The van der Waals surface area contributed by atoms with Gasteiger partial charge in [0.25, 0.3) is 0 Å². The smallest absolute Gasteiger partial charge is 0.233 e. The maximum Gasteiger partial charge on any atom is 0.233 e. The second-order valence-electron chi connectivity index (χ2n) is 6.32. The largest absolute Gasteiger partial charge is 0.278 e. The highest BCUT2D eigenvalue weighted by atomic mass is 16.2. The third kappa shape index (κ3) is 3.13. The molecular formula is C20H17N3O2. The quantitative estimate of drug-likeness (QED) is 0.690. The van der Waals surface area contributed by atoms with E-state index in [1.807, 2.05) is 36.4 Å². The lowest BCUT2D eigenvalue weighted by Gasteiger charge is -2.15. The molecule has 0 radical (unpaired) electrons. The molecule has 0 aliphatic carbocycles. The molecule has 1 aromatic carbocycles. The highest BCUT2D eigenvalue weighted by Crippen LogP contribution is 2.26. The van der Waals surface area contributed by atoms with E-state index < -0.39 is 0 Å². The van der Waals surface area contributed by atoms with Crippen LogP contribution < -0.4 is 0 Å². The Labute approximate surface area is 145 Å². The van der Waals surface area contributed by atoms with Gasteiger partial charge < -0.3 is 0 Å². The summed E-state index contributed by atoms with van der Waals surface area (Å²) in [6.07, 6.45) is 5.96. The number of nitrogens with zero attached hydrogens (tertiary/aromatic N) is 3. The molecule has 2 amide bonds. The van der Waals surface area contributed by atoms with Gasteiger partial charge in [-0.25, -0.2) is 0 Å². The Balaban J connectivity index is 1.51. The molecule has 0 bridgehead atoms. The van der Waals surface area contributed by atoms with Gasteiger partial charge in [0.05, 0.1) is 18.0 Å². The molecule has 1 unspecified atom stereocenters. The summed E-state index contributed by atoms with van der Waals surface area (Å²) in [6.45, 7) is 0.295. The number of fused-ring (bicyclic) bond motifs is 1. The molecule has 1 fully saturated rings. The van der Waals surface area contributed by atoms with Crippen LogP contribution in [0.5, 0.6) is 0 Å². The average molecular weight is 331 g/mol. The molecule has 1 aliphatic heterocycles. The Bertz CT molecular complexity index is 940. The van der Waals surface area contributed by atoms with E-state index in [0.29, 0.717) is 13.0 Å². The Kier molecular flexibility index (Phi) is 3.98. The molecular weight excluding hydrogens is 314 g/mol. The van der Waals surface area contributed by atoms with Crippen LogP contribution in [0.25, 0.3) is 10.9 Å². The number of hydrogen-bond acceptors (Lipinski definition) is 4. The van der Waals surface area contributed by atoms with Crippen LogP contribution in [0, 0.1) is 5.92 Å². The van der Waals surface area contributed by atoms with Gasteiger partial charge in [-0.15, -0.1) is 0 Å². The van der Waals surface area contributed by atoms with Crippen molar-refractivity contribution >= 4 is 22.7 Å². The van der Waals surface area contributed by atoms with Crippen LogP contribution in [0.1, 0.15) is 17.5 Å². The van der Waals surface area contributed by atoms with E-state index in [-0.39, 0.29) is 24.2 Å². The topological polar surface area (TPSA) is 63.2 Å². The number of amides is 2. The maximum absolute atomic E-state index is 12.7. The fraction of sp³-hybridized carbons (Fsp3) is 0.200. The van der Waals surface area contributed by atoms with Gasteiger partial charge in [-0.2, -0.15) is 0 Å². The minimum atomic E-state index is -0.293. The van der Waals surface area contributed by atoms with Gasteiger partial charge in [0, 0.05) is 30.4 Å². The molecule has 5 nitrogen and oxygen atoms in total.